The van der Waals surface area contributed by atoms with Gasteiger partial charge in [0.1, 0.15) is 5.58 Å². The van der Waals surface area contributed by atoms with Crippen molar-refractivity contribution in [3.8, 4) is 0 Å². The van der Waals surface area contributed by atoms with E-state index in [4.69, 9.17) is 32.4 Å². The number of nitrogens with one attached hydrogen (secondary N) is 1. The van der Waals surface area contributed by atoms with Crippen LogP contribution in [0.5, 0.6) is 0 Å². The van der Waals surface area contributed by atoms with Crippen molar-refractivity contribution in [1.82, 2.24) is 0 Å². The fraction of sp³-hybridized carbons (Fsp3) is 0.105. The standard InChI is InChI=1S/C19H13Cl2NO5/c1-10(18(24)22-13-7-4-6-12(20)17(13)21)26-19(25)16-9-14(23)11-5-2-3-8-15(11)27-16/h2-10H,1H3,(H,22,24)/t10-/m1/s1. The summed E-state index contributed by atoms with van der Waals surface area (Å²) in [6, 6.07) is 12.3. The second kappa shape index (κ2) is 7.82. The minimum Gasteiger partial charge on any atom is -0.449 e. The van der Waals surface area contributed by atoms with Crippen molar-refractivity contribution in [2.75, 3.05) is 5.32 Å². The molecule has 0 aliphatic heterocycles. The summed E-state index contributed by atoms with van der Waals surface area (Å²) in [6.07, 6.45) is -1.16. The number of para-hydroxylation sites is 1. The van der Waals surface area contributed by atoms with Crippen molar-refractivity contribution in [3.05, 3.63) is 74.6 Å². The van der Waals surface area contributed by atoms with E-state index in [1.54, 1.807) is 42.5 Å². The first-order chi connectivity index (χ1) is 12.9. The molecular weight excluding hydrogens is 393 g/mol. The van der Waals surface area contributed by atoms with E-state index in [-0.39, 0.29) is 32.5 Å². The second-order valence-electron chi connectivity index (χ2n) is 5.61. The average Bonchev–Trinajstić information content (AvgIpc) is 2.65. The van der Waals surface area contributed by atoms with Gasteiger partial charge in [-0.05, 0) is 31.2 Å². The van der Waals surface area contributed by atoms with Crippen LogP contribution in [-0.4, -0.2) is 18.0 Å². The Labute approximate surface area is 163 Å². The van der Waals surface area contributed by atoms with Gasteiger partial charge in [-0.15, -0.1) is 0 Å². The summed E-state index contributed by atoms with van der Waals surface area (Å²) in [5.74, 6) is -1.84. The number of hydrogen-bond donors (Lipinski definition) is 1. The highest BCUT2D eigenvalue weighted by Gasteiger charge is 2.22. The van der Waals surface area contributed by atoms with Gasteiger partial charge in [0.2, 0.25) is 5.76 Å². The van der Waals surface area contributed by atoms with E-state index in [9.17, 15) is 14.4 Å². The summed E-state index contributed by atoms with van der Waals surface area (Å²) in [6.45, 7) is 1.38. The number of rotatable bonds is 4. The maximum Gasteiger partial charge on any atom is 0.375 e. The quantitative estimate of drug-likeness (QED) is 0.654. The number of amides is 1. The number of fused-ring (bicyclic) bond motifs is 1. The molecule has 1 aromatic heterocycles. The number of ether oxygens (including phenoxy) is 1. The van der Waals surface area contributed by atoms with Crippen LogP contribution in [0.3, 0.4) is 0 Å². The van der Waals surface area contributed by atoms with Gasteiger partial charge >= 0.3 is 5.97 Å². The Hall–Kier alpha value is -2.83. The van der Waals surface area contributed by atoms with Crippen molar-refractivity contribution in [3.63, 3.8) is 0 Å². The van der Waals surface area contributed by atoms with Gasteiger partial charge in [0, 0.05) is 6.07 Å². The van der Waals surface area contributed by atoms with Crippen molar-refractivity contribution in [1.29, 1.82) is 0 Å². The summed E-state index contributed by atoms with van der Waals surface area (Å²) >= 11 is 11.9. The lowest BCUT2D eigenvalue weighted by atomic mass is 10.2. The number of hydrogen-bond acceptors (Lipinski definition) is 5. The molecule has 1 atom stereocenters. The molecule has 0 aliphatic carbocycles. The van der Waals surface area contributed by atoms with E-state index in [1.165, 1.54) is 6.92 Å². The van der Waals surface area contributed by atoms with Crippen LogP contribution in [0.1, 0.15) is 17.5 Å². The number of carbonyl (C=O) groups is 2. The van der Waals surface area contributed by atoms with Gasteiger partial charge in [-0.3, -0.25) is 9.59 Å². The van der Waals surface area contributed by atoms with Crippen molar-refractivity contribution in [2.24, 2.45) is 0 Å². The van der Waals surface area contributed by atoms with Gasteiger partial charge < -0.3 is 14.5 Å². The summed E-state index contributed by atoms with van der Waals surface area (Å²) in [5.41, 5.74) is 0.153. The Kier molecular flexibility index (Phi) is 5.48. The third kappa shape index (κ3) is 4.13. The van der Waals surface area contributed by atoms with Crippen LogP contribution in [0.15, 0.2) is 57.7 Å². The highest BCUT2D eigenvalue weighted by atomic mass is 35.5. The normalized spacial score (nSPS) is 11.8. The molecule has 6 nitrogen and oxygen atoms in total. The maximum absolute atomic E-state index is 12.2. The number of benzene rings is 2. The van der Waals surface area contributed by atoms with Gasteiger partial charge in [0.05, 0.1) is 21.1 Å². The molecule has 3 aromatic rings. The Morgan fingerprint density at radius 1 is 1.11 bits per heavy atom. The lowest BCUT2D eigenvalue weighted by Gasteiger charge is -2.14. The molecule has 0 spiro atoms. The van der Waals surface area contributed by atoms with Crippen LogP contribution >= 0.6 is 23.2 Å². The molecule has 8 heteroatoms. The summed E-state index contributed by atoms with van der Waals surface area (Å²) in [7, 11) is 0. The third-order valence-corrected chi connectivity index (χ3v) is 4.52. The van der Waals surface area contributed by atoms with E-state index in [0.29, 0.717) is 5.39 Å². The van der Waals surface area contributed by atoms with Gasteiger partial charge in [-0.2, -0.15) is 0 Å². The molecule has 0 saturated carbocycles. The van der Waals surface area contributed by atoms with Gasteiger partial charge in [0.15, 0.2) is 11.5 Å². The lowest BCUT2D eigenvalue weighted by Crippen LogP contribution is -2.30. The molecule has 2 aromatic carbocycles. The summed E-state index contributed by atoms with van der Waals surface area (Å²) < 4.78 is 10.5. The van der Waals surface area contributed by atoms with Gasteiger partial charge in [0.25, 0.3) is 5.91 Å². The predicted molar refractivity (Wildman–Crippen MR) is 102 cm³/mol. The minimum atomic E-state index is -1.16. The smallest absolute Gasteiger partial charge is 0.375 e. The van der Waals surface area contributed by atoms with Crippen LogP contribution in [0.25, 0.3) is 11.0 Å². The molecule has 0 radical (unpaired) electrons. The minimum absolute atomic E-state index is 0.173. The van der Waals surface area contributed by atoms with Crippen LogP contribution in [0.4, 0.5) is 5.69 Å². The zero-order chi connectivity index (χ0) is 19.6. The lowest BCUT2D eigenvalue weighted by molar-refractivity contribution is -0.123. The fourth-order valence-electron chi connectivity index (χ4n) is 2.31. The first-order valence-corrected chi connectivity index (χ1v) is 8.61. The Balaban J connectivity index is 1.74. The number of carbonyl (C=O) groups excluding carboxylic acids is 2. The van der Waals surface area contributed by atoms with Crippen LogP contribution in [-0.2, 0) is 9.53 Å². The molecule has 138 valence electrons. The monoisotopic (exact) mass is 405 g/mol. The zero-order valence-corrected chi connectivity index (χ0v) is 15.5. The van der Waals surface area contributed by atoms with E-state index in [0.717, 1.165) is 6.07 Å². The highest BCUT2D eigenvalue weighted by Crippen LogP contribution is 2.29. The Morgan fingerprint density at radius 2 is 1.85 bits per heavy atom. The molecule has 0 bridgehead atoms. The van der Waals surface area contributed by atoms with E-state index in [1.807, 2.05) is 0 Å². The van der Waals surface area contributed by atoms with Crippen molar-refractivity contribution < 1.29 is 18.7 Å². The van der Waals surface area contributed by atoms with Crippen LogP contribution < -0.4 is 10.7 Å². The molecule has 3 rings (SSSR count). The molecular formula is C19H13Cl2NO5. The maximum atomic E-state index is 12.2. The third-order valence-electron chi connectivity index (χ3n) is 3.70. The first-order valence-electron chi connectivity index (χ1n) is 7.85. The fourth-order valence-corrected chi connectivity index (χ4v) is 2.66. The molecule has 1 heterocycles. The second-order valence-corrected chi connectivity index (χ2v) is 6.39. The number of anilines is 1. The highest BCUT2D eigenvalue weighted by molar-refractivity contribution is 6.44. The predicted octanol–water partition coefficient (Wildman–Crippen LogP) is 4.28. The topological polar surface area (TPSA) is 85.6 Å². The molecule has 0 saturated heterocycles. The number of esters is 1. The Morgan fingerprint density at radius 3 is 2.63 bits per heavy atom. The van der Waals surface area contributed by atoms with Crippen molar-refractivity contribution in [2.45, 2.75) is 13.0 Å². The summed E-state index contributed by atoms with van der Waals surface area (Å²) in [4.78, 5) is 36.5. The largest absolute Gasteiger partial charge is 0.449 e. The molecule has 1 amide bonds. The SMILES string of the molecule is C[C@@H](OC(=O)c1cc(=O)c2ccccc2o1)C(=O)Nc1cccc(Cl)c1Cl. The molecule has 0 fully saturated rings. The summed E-state index contributed by atoms with van der Waals surface area (Å²) in [5, 5.41) is 3.31. The Bertz CT molecular complexity index is 1090. The molecule has 27 heavy (non-hydrogen) atoms. The van der Waals surface area contributed by atoms with Gasteiger partial charge in [-0.1, -0.05) is 41.4 Å². The first kappa shape index (κ1) is 18.9. The average molecular weight is 406 g/mol. The van der Waals surface area contributed by atoms with E-state index in [2.05, 4.69) is 5.32 Å². The molecule has 0 unspecified atom stereocenters. The van der Waals surface area contributed by atoms with Gasteiger partial charge in [-0.25, -0.2) is 4.79 Å². The zero-order valence-electron chi connectivity index (χ0n) is 14.0. The van der Waals surface area contributed by atoms with E-state index >= 15 is 0 Å². The van der Waals surface area contributed by atoms with Crippen LogP contribution in [0, 0.1) is 0 Å². The molecule has 1 N–H and O–H groups in total. The molecule has 0 aliphatic rings. The van der Waals surface area contributed by atoms with Crippen molar-refractivity contribution >= 4 is 51.7 Å². The van der Waals surface area contributed by atoms with E-state index < -0.39 is 18.0 Å². The number of halogens is 2. The van der Waals surface area contributed by atoms with Crippen LogP contribution in [0.2, 0.25) is 10.0 Å².